The lowest BCUT2D eigenvalue weighted by Gasteiger charge is -2.34. The Hall–Kier alpha value is -0.650. The third-order valence-electron chi connectivity index (χ3n) is 3.37. The van der Waals surface area contributed by atoms with Gasteiger partial charge in [0.25, 0.3) is 0 Å². The summed E-state index contributed by atoms with van der Waals surface area (Å²) in [6, 6.07) is 0.180. The average Bonchev–Trinajstić information content (AvgIpc) is 2.40. The first-order valence-corrected chi connectivity index (χ1v) is 6.50. The van der Waals surface area contributed by atoms with Crippen molar-refractivity contribution >= 4 is 5.91 Å². The van der Waals surface area contributed by atoms with E-state index in [4.69, 9.17) is 9.47 Å². The molecular weight excluding hydrogens is 220 g/mol. The summed E-state index contributed by atoms with van der Waals surface area (Å²) in [5.74, 6) is 0.217. The molecule has 17 heavy (non-hydrogen) atoms. The molecule has 2 saturated heterocycles. The van der Waals surface area contributed by atoms with E-state index in [-0.39, 0.29) is 18.1 Å². The Morgan fingerprint density at radius 3 is 3.06 bits per heavy atom. The molecule has 0 spiro atoms. The number of rotatable bonds is 3. The highest BCUT2D eigenvalue weighted by atomic mass is 16.5. The van der Waals surface area contributed by atoms with Gasteiger partial charge in [-0.25, -0.2) is 0 Å². The predicted octanol–water partition coefficient (Wildman–Crippen LogP) is 0.00230. The number of nitrogens with zero attached hydrogens (tertiary/aromatic N) is 1. The predicted molar refractivity (Wildman–Crippen MR) is 63.8 cm³/mol. The minimum atomic E-state index is 0.180. The van der Waals surface area contributed by atoms with Crippen LogP contribution in [0.2, 0.25) is 0 Å². The lowest BCUT2D eigenvalue weighted by Crippen LogP contribution is -2.49. The Morgan fingerprint density at radius 1 is 1.47 bits per heavy atom. The molecule has 2 aliphatic heterocycles. The van der Waals surface area contributed by atoms with Gasteiger partial charge in [-0.3, -0.25) is 4.79 Å². The van der Waals surface area contributed by atoms with Crippen LogP contribution < -0.4 is 5.32 Å². The van der Waals surface area contributed by atoms with Gasteiger partial charge < -0.3 is 19.7 Å². The van der Waals surface area contributed by atoms with Crippen molar-refractivity contribution in [3.63, 3.8) is 0 Å². The monoisotopic (exact) mass is 242 g/mol. The molecule has 0 saturated carbocycles. The van der Waals surface area contributed by atoms with Gasteiger partial charge in [-0.1, -0.05) is 6.92 Å². The summed E-state index contributed by atoms with van der Waals surface area (Å²) in [5.41, 5.74) is 0. The van der Waals surface area contributed by atoms with Crippen molar-refractivity contribution in [2.45, 2.75) is 31.9 Å². The normalized spacial score (nSPS) is 30.3. The van der Waals surface area contributed by atoms with Crippen LogP contribution in [0.25, 0.3) is 0 Å². The summed E-state index contributed by atoms with van der Waals surface area (Å²) >= 11 is 0. The molecule has 5 heteroatoms. The van der Waals surface area contributed by atoms with E-state index in [1.54, 1.807) is 0 Å². The maximum atomic E-state index is 12.1. The Balaban J connectivity index is 1.78. The minimum absolute atomic E-state index is 0.180. The van der Waals surface area contributed by atoms with Gasteiger partial charge in [0.1, 0.15) is 0 Å². The molecule has 1 amide bonds. The van der Waals surface area contributed by atoms with Crippen molar-refractivity contribution in [2.75, 3.05) is 39.5 Å². The third-order valence-corrected chi connectivity index (χ3v) is 3.37. The van der Waals surface area contributed by atoms with Gasteiger partial charge >= 0.3 is 0 Å². The van der Waals surface area contributed by atoms with Crippen LogP contribution in [0.15, 0.2) is 0 Å². The Labute approximate surface area is 102 Å². The van der Waals surface area contributed by atoms with Crippen molar-refractivity contribution in [1.82, 2.24) is 10.2 Å². The summed E-state index contributed by atoms with van der Waals surface area (Å²) in [5, 5.41) is 3.31. The molecule has 2 fully saturated rings. The van der Waals surface area contributed by atoms with Crippen molar-refractivity contribution in [3.8, 4) is 0 Å². The highest BCUT2D eigenvalue weighted by Gasteiger charge is 2.25. The van der Waals surface area contributed by atoms with Crippen molar-refractivity contribution < 1.29 is 14.3 Å². The van der Waals surface area contributed by atoms with Crippen LogP contribution in [-0.4, -0.2) is 62.4 Å². The molecule has 0 aromatic rings. The topological polar surface area (TPSA) is 50.8 Å². The first-order valence-electron chi connectivity index (χ1n) is 6.50. The lowest BCUT2D eigenvalue weighted by atomic mass is 10.1. The minimum Gasteiger partial charge on any atom is -0.378 e. The molecule has 1 N–H and O–H groups in total. The van der Waals surface area contributed by atoms with Crippen LogP contribution in [0.4, 0.5) is 0 Å². The second-order valence-electron chi connectivity index (χ2n) is 4.67. The van der Waals surface area contributed by atoms with Gasteiger partial charge in [0.2, 0.25) is 5.91 Å². The smallest absolute Gasteiger partial charge is 0.224 e. The van der Waals surface area contributed by atoms with Crippen LogP contribution in [-0.2, 0) is 14.3 Å². The molecule has 0 radical (unpaired) electrons. The third kappa shape index (κ3) is 3.66. The summed E-state index contributed by atoms with van der Waals surface area (Å²) in [6.45, 7) is 6.46. The van der Waals surface area contributed by atoms with E-state index in [9.17, 15) is 4.79 Å². The molecule has 0 bridgehead atoms. The van der Waals surface area contributed by atoms with Crippen LogP contribution in [0.5, 0.6) is 0 Å². The summed E-state index contributed by atoms with van der Waals surface area (Å²) in [4.78, 5) is 14.0. The molecular formula is C12H22N2O3. The van der Waals surface area contributed by atoms with Crippen LogP contribution >= 0.6 is 0 Å². The van der Waals surface area contributed by atoms with Gasteiger partial charge in [0, 0.05) is 32.1 Å². The second kappa shape index (κ2) is 6.33. The first kappa shape index (κ1) is 12.8. The number of morpholine rings is 2. The maximum Gasteiger partial charge on any atom is 0.224 e. The highest BCUT2D eigenvalue weighted by Crippen LogP contribution is 2.11. The van der Waals surface area contributed by atoms with Crippen LogP contribution in [0.3, 0.4) is 0 Å². The number of carbonyl (C=O) groups excluding carboxylic acids is 1. The number of amides is 1. The largest absolute Gasteiger partial charge is 0.378 e. The van der Waals surface area contributed by atoms with E-state index in [1.807, 2.05) is 4.90 Å². The van der Waals surface area contributed by atoms with Gasteiger partial charge in [-0.05, 0) is 6.42 Å². The van der Waals surface area contributed by atoms with Crippen molar-refractivity contribution in [2.24, 2.45) is 0 Å². The fraction of sp³-hybridized carbons (Fsp3) is 0.917. The summed E-state index contributed by atoms with van der Waals surface area (Å²) < 4.78 is 10.9. The number of ether oxygens (including phenoxy) is 2. The molecule has 2 aliphatic rings. The zero-order valence-electron chi connectivity index (χ0n) is 10.5. The molecule has 5 nitrogen and oxygen atoms in total. The lowest BCUT2D eigenvalue weighted by molar-refractivity contribution is -0.140. The van der Waals surface area contributed by atoms with Gasteiger partial charge in [0.15, 0.2) is 0 Å². The average molecular weight is 242 g/mol. The molecule has 2 unspecified atom stereocenters. The fourth-order valence-electron chi connectivity index (χ4n) is 2.28. The fourth-order valence-corrected chi connectivity index (χ4v) is 2.28. The van der Waals surface area contributed by atoms with Crippen LogP contribution in [0, 0.1) is 0 Å². The van der Waals surface area contributed by atoms with Gasteiger partial charge in [-0.2, -0.15) is 0 Å². The van der Waals surface area contributed by atoms with E-state index >= 15 is 0 Å². The van der Waals surface area contributed by atoms with E-state index in [2.05, 4.69) is 12.2 Å². The van der Waals surface area contributed by atoms with E-state index in [0.29, 0.717) is 19.6 Å². The van der Waals surface area contributed by atoms with Crippen LogP contribution in [0.1, 0.15) is 19.8 Å². The number of hydrogen-bond acceptors (Lipinski definition) is 4. The zero-order chi connectivity index (χ0) is 12.1. The van der Waals surface area contributed by atoms with E-state index < -0.39 is 0 Å². The van der Waals surface area contributed by atoms with E-state index in [0.717, 1.165) is 32.7 Å². The number of hydrogen-bond donors (Lipinski definition) is 1. The molecule has 0 aromatic heterocycles. The van der Waals surface area contributed by atoms with E-state index in [1.165, 1.54) is 0 Å². The zero-order valence-corrected chi connectivity index (χ0v) is 10.5. The molecule has 2 rings (SSSR count). The molecule has 0 aliphatic carbocycles. The molecule has 2 atom stereocenters. The van der Waals surface area contributed by atoms with Crippen molar-refractivity contribution in [3.05, 3.63) is 0 Å². The Bertz CT molecular complexity index is 254. The number of carbonyl (C=O) groups is 1. The summed E-state index contributed by atoms with van der Waals surface area (Å²) in [6.07, 6.45) is 1.72. The highest BCUT2D eigenvalue weighted by molar-refractivity contribution is 5.77. The SMILES string of the molecule is CCC1CN(C(=O)CC2COCCN2)CCO1. The summed E-state index contributed by atoms with van der Waals surface area (Å²) in [7, 11) is 0. The molecule has 2 heterocycles. The standard InChI is InChI=1S/C12H22N2O3/c1-2-11-8-14(4-6-17-11)12(15)7-10-9-16-5-3-13-10/h10-11,13H,2-9H2,1H3. The maximum absolute atomic E-state index is 12.1. The Morgan fingerprint density at radius 2 is 2.35 bits per heavy atom. The van der Waals surface area contributed by atoms with Crippen molar-refractivity contribution in [1.29, 1.82) is 0 Å². The second-order valence-corrected chi connectivity index (χ2v) is 4.67. The van der Waals surface area contributed by atoms with Gasteiger partial charge in [-0.15, -0.1) is 0 Å². The molecule has 98 valence electrons. The van der Waals surface area contributed by atoms with Gasteiger partial charge in [0.05, 0.1) is 25.9 Å². The molecule has 0 aromatic carbocycles. The Kier molecular flexibility index (Phi) is 4.76. The quantitative estimate of drug-likeness (QED) is 0.757. The number of nitrogens with one attached hydrogen (secondary N) is 1. The first-order chi connectivity index (χ1) is 8.29.